The van der Waals surface area contributed by atoms with Gasteiger partial charge in [-0.25, -0.2) is 4.98 Å². The monoisotopic (exact) mass is 1870 g/mol. The van der Waals surface area contributed by atoms with Gasteiger partial charge in [-0.1, -0.05) is 88.1 Å². The number of rotatable bonds is 25. The van der Waals surface area contributed by atoms with Crippen molar-refractivity contribution in [1.29, 1.82) is 0 Å². The lowest BCUT2D eigenvalue weighted by Gasteiger charge is -2.36. The Kier molecular flexibility index (Phi) is 38.1. The van der Waals surface area contributed by atoms with Gasteiger partial charge < -0.3 is 130 Å². The predicted molar refractivity (Wildman–Crippen MR) is 482 cm³/mol. The first-order valence-corrected chi connectivity index (χ1v) is 45.1. The van der Waals surface area contributed by atoms with Gasteiger partial charge in [0.15, 0.2) is 0 Å². The number of ether oxygens (including phenoxy) is 1. The summed E-state index contributed by atoms with van der Waals surface area (Å²) >= 11 is 0.735. The second-order valence-corrected chi connectivity index (χ2v) is 34.2. The van der Waals surface area contributed by atoms with Crippen molar-refractivity contribution in [3.8, 4) is 5.75 Å². The lowest BCUT2D eigenvalue weighted by atomic mass is 10.00. The van der Waals surface area contributed by atoms with Crippen LogP contribution in [0.2, 0.25) is 0 Å². The molecule has 44 nitrogen and oxygen atoms in total. The highest BCUT2D eigenvalue weighted by molar-refractivity contribution is 8.00. The first-order chi connectivity index (χ1) is 63.5. The molecule has 0 unspecified atom stereocenters. The van der Waals surface area contributed by atoms with E-state index in [1.807, 2.05) is 6.92 Å². The number of primary amides is 3. The maximum Gasteiger partial charge on any atom is 0.246 e. The largest absolute Gasteiger partial charge is 0.497 e. The number of aliphatic hydroxyl groups excluding tert-OH is 3. The van der Waals surface area contributed by atoms with E-state index in [0.717, 1.165) is 36.3 Å². The molecular weight excluding hydrogens is 1750 g/mol. The Labute approximate surface area is 770 Å². The fourth-order valence-corrected chi connectivity index (χ4v) is 17.0. The van der Waals surface area contributed by atoms with E-state index in [-0.39, 0.29) is 57.2 Å². The number of H-pyrrole nitrogens is 3. The number of amides is 18. The Bertz CT molecular complexity index is 5170. The molecule has 6 aromatic rings. The Morgan fingerprint density at radius 2 is 1.05 bits per heavy atom. The molecule has 3 fully saturated rings. The molecular formula is C88H120N22O22S. The fraction of sp³-hybridized carbons (Fsp3) is 0.511. The van der Waals surface area contributed by atoms with Crippen LogP contribution in [-0.4, -0.2) is 329 Å². The predicted octanol–water partition coefficient (Wildman–Crippen LogP) is -4.68. The van der Waals surface area contributed by atoms with Gasteiger partial charge in [0, 0.05) is 119 Å². The van der Waals surface area contributed by atoms with E-state index in [9.17, 15) is 68.1 Å². The van der Waals surface area contributed by atoms with Gasteiger partial charge in [-0.05, 0) is 80.0 Å². The zero-order chi connectivity index (χ0) is 97.0. The number of unbranched alkanes of at least 4 members (excludes halogenated alkanes) is 2. The summed E-state index contributed by atoms with van der Waals surface area (Å²) in [5.74, 6) is -18.7. The maximum absolute atomic E-state index is 15.6. The standard InChI is InChI=1S/C88H120N22O22S/c1-8-10-21-67-81(124)104-65(43-112)80(123)105-66(76(119)95-40-73(91)116)44-133-45-74(117)97-61(31-48-24-26-53(132-7)27-25-48)84(127)106(4)47(3)75(118)101-63(36-72(90)115)87(130)109-30-16-23-68(109)82(125)100-60(34-51-39-92-46-96-51)78(121)98-58(28-29-71(89)114)86(129)110-41-52(113)35-70(110)83(126)99-59(32-49-37-93-56-19-14-12-17-54(49)56)77(120)103-64(42-111)79(122)102-62(33-50-38-94-57-20-15-13-18-55(50)57)85(128)108(6)69(22-11-9-2)88(131)107(67)5/h12-15,17-20,24-27,37-39,46-47,52,58-70,93-94,111-113H,8-11,16,21-23,28-36,40-45H2,1-7H3,(H2,89,114)(H2,90,115)(H2,91,116)(H,92,96)(H,95,119)(H,97,117)(H,98,121)(H,99,126)(H,100,125)(H,101,118)(H,102,122)(H,103,120)(H,104,124)(H,105,123)/t47-,52+,58-,59-,60-,61-,62-,63+,64-,65-,66-,67-,68-,69-,70-/m0/s1. The molecule has 3 aromatic heterocycles. The number of aromatic nitrogens is 4. The summed E-state index contributed by atoms with van der Waals surface area (Å²) in [4.78, 5) is 279. The van der Waals surface area contributed by atoms with Crippen molar-refractivity contribution >= 4 is 140 Å². The van der Waals surface area contributed by atoms with Crippen molar-refractivity contribution in [2.75, 3.05) is 72.6 Å². The fourth-order valence-electron chi connectivity index (χ4n) is 16.2. The van der Waals surface area contributed by atoms with E-state index in [2.05, 4.69) is 73.1 Å². The number of carbonyl (C=O) groups is 18. The van der Waals surface area contributed by atoms with Crippen molar-refractivity contribution in [3.05, 3.63) is 120 Å². The molecule has 0 aliphatic carbocycles. The molecule has 0 spiro atoms. The van der Waals surface area contributed by atoms with Gasteiger partial charge in [0.05, 0.1) is 57.2 Å². The number of hydrogen-bond acceptors (Lipinski definition) is 24. The Morgan fingerprint density at radius 1 is 0.526 bits per heavy atom. The molecule has 3 aliphatic heterocycles. The smallest absolute Gasteiger partial charge is 0.246 e. The van der Waals surface area contributed by atoms with Crippen LogP contribution >= 0.6 is 11.8 Å². The van der Waals surface area contributed by atoms with Crippen molar-refractivity contribution in [3.63, 3.8) is 0 Å². The molecule has 45 heteroatoms. The number of benzene rings is 3. The molecule has 9 rings (SSSR count). The summed E-state index contributed by atoms with van der Waals surface area (Å²) in [6.07, 6.45) is 2.19. The molecule has 15 atom stereocenters. The normalized spacial score (nSPS) is 24.9. The average Bonchev–Trinajstić information content (AvgIpc) is 1.70. The van der Waals surface area contributed by atoms with E-state index in [1.54, 1.807) is 92.1 Å². The van der Waals surface area contributed by atoms with Gasteiger partial charge in [0.25, 0.3) is 0 Å². The van der Waals surface area contributed by atoms with E-state index in [1.165, 1.54) is 47.7 Å². The minimum atomic E-state index is -1.93. The van der Waals surface area contributed by atoms with Gasteiger partial charge in [-0.3, -0.25) is 86.3 Å². The molecule has 18 amide bonds. The Morgan fingerprint density at radius 3 is 1.62 bits per heavy atom. The number of aliphatic hydroxyl groups is 3. The molecule has 22 N–H and O–H groups in total. The molecule has 3 saturated heterocycles. The van der Waals surface area contributed by atoms with Crippen molar-refractivity contribution in [2.45, 2.75) is 214 Å². The Balaban J connectivity index is 1.09. The van der Waals surface area contributed by atoms with Gasteiger partial charge in [0.2, 0.25) is 106 Å². The van der Waals surface area contributed by atoms with Crippen LogP contribution in [0.3, 0.4) is 0 Å². The van der Waals surface area contributed by atoms with E-state index in [4.69, 9.17) is 21.9 Å². The number of fused-ring (bicyclic) bond motifs is 4. The van der Waals surface area contributed by atoms with Crippen molar-refractivity contribution in [1.82, 2.24) is 97.6 Å². The number of para-hydroxylation sites is 2. The molecule has 0 radical (unpaired) electrons. The van der Waals surface area contributed by atoms with Gasteiger partial charge in [0.1, 0.15) is 90.3 Å². The number of nitrogens with zero attached hydrogens (tertiary/aromatic N) is 6. The highest BCUT2D eigenvalue weighted by Crippen LogP contribution is 2.28. The quantitative estimate of drug-likeness (QED) is 0.0256. The molecule has 133 heavy (non-hydrogen) atoms. The number of carbonyl (C=O) groups excluding carboxylic acids is 18. The molecule has 3 aromatic carbocycles. The number of hydrogen-bond donors (Lipinski definition) is 19. The van der Waals surface area contributed by atoms with Crippen LogP contribution in [0.1, 0.15) is 120 Å². The van der Waals surface area contributed by atoms with E-state index >= 15 is 33.6 Å². The molecule has 6 heterocycles. The summed E-state index contributed by atoms with van der Waals surface area (Å²) in [5.41, 5.74) is 19.5. The second-order valence-electron chi connectivity index (χ2n) is 33.2. The summed E-state index contributed by atoms with van der Waals surface area (Å²) in [7, 11) is 5.24. The second kappa shape index (κ2) is 49.1. The lowest BCUT2D eigenvalue weighted by molar-refractivity contribution is -0.149. The SMILES string of the molecule is CCCC[C@H]1C(=O)N(C)[C@@H](CCCC)C(=O)N[C@@H](CO)C(=O)N[C@H](C(=O)NCC(N)=O)CSCC(=O)N[C@@H](Cc2ccc(OC)cc2)C(=O)N(C)[C@@H](C)C(=O)N[C@H](CC(N)=O)C(=O)N2CCC[C@H]2C(=O)N[C@@H](Cc2c[nH]cn2)C(=O)N[C@@H](CCC(N)=O)C(=O)N2C[C@H](O)C[C@H]2C(=O)N[C@@H](Cc2c[nH]c3ccccc23)C(=O)N[C@@H](CO)C(=O)N[C@@H](Cc2c[nH]c3ccccc23)C(=O)N1C. The number of thioether (sulfide) groups is 1. The van der Waals surface area contributed by atoms with Gasteiger partial charge in [-0.2, -0.15) is 0 Å². The minimum Gasteiger partial charge on any atom is -0.497 e. The molecule has 0 saturated carbocycles. The number of aromatic amines is 3. The summed E-state index contributed by atoms with van der Waals surface area (Å²) < 4.78 is 5.32. The summed E-state index contributed by atoms with van der Waals surface area (Å²) in [6.45, 7) is 1.18. The molecule has 720 valence electrons. The van der Waals surface area contributed by atoms with Gasteiger partial charge >= 0.3 is 0 Å². The van der Waals surface area contributed by atoms with Crippen LogP contribution in [-0.2, 0) is 112 Å². The molecule has 3 aliphatic rings. The van der Waals surface area contributed by atoms with Crippen LogP contribution in [0.15, 0.2) is 97.7 Å². The third-order valence-electron chi connectivity index (χ3n) is 23.7. The lowest BCUT2D eigenvalue weighted by Crippen LogP contribution is -2.62. The third-order valence-corrected chi connectivity index (χ3v) is 24.7. The van der Waals surface area contributed by atoms with Crippen molar-refractivity contribution < 1.29 is 106 Å². The minimum absolute atomic E-state index is 0.0323. The van der Waals surface area contributed by atoms with Crippen LogP contribution in [0.25, 0.3) is 21.8 Å². The summed E-state index contributed by atoms with van der Waals surface area (Å²) in [5, 5.41) is 60.2. The number of imidazole rings is 1. The average molecular weight is 1870 g/mol. The van der Waals surface area contributed by atoms with Crippen LogP contribution in [0, 0.1) is 0 Å². The Hall–Kier alpha value is -13.6. The number of methoxy groups -OCH3 is 1. The zero-order valence-electron chi connectivity index (χ0n) is 75.1. The maximum atomic E-state index is 15.6. The zero-order valence-corrected chi connectivity index (χ0v) is 75.9. The summed E-state index contributed by atoms with van der Waals surface area (Å²) in [6, 6.07) is -2.76. The molecule has 0 bridgehead atoms. The van der Waals surface area contributed by atoms with Crippen LogP contribution < -0.4 is 75.1 Å². The first kappa shape index (κ1) is 103. The van der Waals surface area contributed by atoms with Crippen LogP contribution in [0.5, 0.6) is 5.75 Å². The highest BCUT2D eigenvalue weighted by atomic mass is 32.2. The van der Waals surface area contributed by atoms with Gasteiger partial charge in [-0.15, -0.1) is 11.8 Å². The number of likely N-dealkylation sites (N-methyl/N-ethyl adjacent to an activating group) is 3. The first-order valence-electron chi connectivity index (χ1n) is 43.9. The number of nitrogens with one attached hydrogen (secondary N) is 13. The van der Waals surface area contributed by atoms with Crippen LogP contribution in [0.4, 0.5) is 0 Å². The topological polar surface area (TPSA) is 652 Å². The number of nitrogens with two attached hydrogens (primary N) is 3. The van der Waals surface area contributed by atoms with E-state index < -0.39 is 267 Å². The third kappa shape index (κ3) is 28.0. The van der Waals surface area contributed by atoms with E-state index in [0.29, 0.717) is 69.9 Å². The highest BCUT2D eigenvalue weighted by Gasteiger charge is 2.47. The van der Waals surface area contributed by atoms with Crippen molar-refractivity contribution in [2.24, 2.45) is 17.2 Å².